The van der Waals surface area contributed by atoms with E-state index in [1.54, 1.807) is 0 Å². The van der Waals surface area contributed by atoms with Crippen LogP contribution in [0, 0.1) is 0 Å². The summed E-state index contributed by atoms with van der Waals surface area (Å²) in [6, 6.07) is -1.52. The van der Waals surface area contributed by atoms with Crippen molar-refractivity contribution in [3.63, 3.8) is 0 Å². The second-order valence-corrected chi connectivity index (χ2v) is 17.0. The Balaban J connectivity index is 4.32. The summed E-state index contributed by atoms with van der Waals surface area (Å²) in [6.45, 7) is 2.77. The van der Waals surface area contributed by atoms with Gasteiger partial charge in [0.15, 0.2) is 6.10 Å². The standard InChI is InChI=1S/C46H84NO10P/c1-3-5-7-9-11-13-15-17-19-20-21-22-24-25-27-29-31-33-35-37-44(48)54-39-42(40-55-58(52,53)56-41-43(47)46(50)51)57-45(49)38-36-34-32-30-28-26-23-18-16-14-12-10-8-6-4-2/h12,14,17-19,23,42-43H,3-11,13,15-16,20-22,24-41,47H2,1-2H3,(H,50,51)(H,52,53)/b14-12+,19-17+,23-18+/t42-,43+/m1/s1. The van der Waals surface area contributed by atoms with Gasteiger partial charge < -0.3 is 25.2 Å². The van der Waals surface area contributed by atoms with Crippen LogP contribution in [0.3, 0.4) is 0 Å². The molecule has 12 heteroatoms. The number of carbonyl (C=O) groups excluding carboxylic acids is 2. The molecule has 58 heavy (non-hydrogen) atoms. The van der Waals surface area contributed by atoms with Gasteiger partial charge in [0, 0.05) is 12.8 Å². The van der Waals surface area contributed by atoms with Crippen molar-refractivity contribution in [1.29, 1.82) is 0 Å². The van der Waals surface area contributed by atoms with Crippen LogP contribution in [-0.4, -0.2) is 59.9 Å². The number of phosphoric acid groups is 1. The first-order valence-corrected chi connectivity index (χ1v) is 24.5. The van der Waals surface area contributed by atoms with Gasteiger partial charge in [-0.25, -0.2) is 4.57 Å². The summed E-state index contributed by atoms with van der Waals surface area (Å²) in [6.07, 6.45) is 44.9. The maximum absolute atomic E-state index is 12.6. The molecule has 0 saturated heterocycles. The molecule has 0 radical (unpaired) electrons. The number of esters is 2. The molecule has 0 aromatic rings. The van der Waals surface area contributed by atoms with Crippen LogP contribution in [0.1, 0.15) is 206 Å². The Bertz CT molecular complexity index is 1130. The topological polar surface area (TPSA) is 172 Å². The number of hydrogen-bond donors (Lipinski definition) is 3. The number of carboxylic acids is 1. The Morgan fingerprint density at radius 1 is 0.534 bits per heavy atom. The summed E-state index contributed by atoms with van der Waals surface area (Å²) in [4.78, 5) is 46.0. The highest BCUT2D eigenvalue weighted by atomic mass is 31.2. The molecule has 0 aliphatic heterocycles. The fourth-order valence-corrected chi connectivity index (χ4v) is 6.99. The van der Waals surface area contributed by atoms with E-state index in [2.05, 4.69) is 54.8 Å². The highest BCUT2D eigenvalue weighted by Gasteiger charge is 2.28. The van der Waals surface area contributed by atoms with Crippen molar-refractivity contribution in [1.82, 2.24) is 0 Å². The van der Waals surface area contributed by atoms with Crippen LogP contribution in [0.2, 0.25) is 0 Å². The van der Waals surface area contributed by atoms with E-state index in [0.717, 1.165) is 64.2 Å². The molecule has 0 rings (SSSR count). The summed E-state index contributed by atoms with van der Waals surface area (Å²) < 4.78 is 32.7. The second-order valence-electron chi connectivity index (χ2n) is 15.5. The predicted molar refractivity (Wildman–Crippen MR) is 235 cm³/mol. The van der Waals surface area contributed by atoms with Gasteiger partial charge in [0.25, 0.3) is 0 Å². The van der Waals surface area contributed by atoms with Gasteiger partial charge in [0.05, 0.1) is 13.2 Å². The smallest absolute Gasteiger partial charge is 0.472 e. The zero-order chi connectivity index (χ0) is 42.8. The molecule has 11 nitrogen and oxygen atoms in total. The largest absolute Gasteiger partial charge is 0.480 e. The zero-order valence-electron chi connectivity index (χ0n) is 36.6. The van der Waals surface area contributed by atoms with E-state index in [-0.39, 0.29) is 19.4 Å². The fourth-order valence-electron chi connectivity index (χ4n) is 6.21. The third-order valence-corrected chi connectivity index (χ3v) is 10.8. The average Bonchev–Trinajstić information content (AvgIpc) is 3.20. The monoisotopic (exact) mass is 842 g/mol. The van der Waals surface area contributed by atoms with Crippen molar-refractivity contribution in [2.75, 3.05) is 19.8 Å². The number of hydrogen-bond acceptors (Lipinski definition) is 9. The molecule has 0 aromatic carbocycles. The van der Waals surface area contributed by atoms with Gasteiger partial charge in [0.2, 0.25) is 0 Å². The Morgan fingerprint density at radius 2 is 0.914 bits per heavy atom. The zero-order valence-corrected chi connectivity index (χ0v) is 37.5. The number of aliphatic carboxylic acids is 1. The van der Waals surface area contributed by atoms with Crippen molar-refractivity contribution >= 4 is 25.7 Å². The minimum absolute atomic E-state index is 0.145. The molecule has 1 unspecified atom stereocenters. The lowest BCUT2D eigenvalue weighted by Gasteiger charge is -2.20. The maximum Gasteiger partial charge on any atom is 0.472 e. The molecule has 0 saturated carbocycles. The first kappa shape index (κ1) is 55.7. The van der Waals surface area contributed by atoms with Crippen LogP contribution in [0.25, 0.3) is 0 Å². The molecule has 0 amide bonds. The molecule has 4 N–H and O–H groups in total. The molecule has 0 aliphatic carbocycles. The van der Waals surface area contributed by atoms with E-state index in [4.69, 9.17) is 24.8 Å². The van der Waals surface area contributed by atoms with Crippen molar-refractivity contribution in [3.8, 4) is 0 Å². The summed E-state index contributed by atoms with van der Waals surface area (Å²) in [5.74, 6) is -2.39. The van der Waals surface area contributed by atoms with Gasteiger partial charge in [-0.2, -0.15) is 0 Å². The van der Waals surface area contributed by atoms with E-state index in [1.165, 1.54) is 103 Å². The number of carbonyl (C=O) groups is 3. The number of carboxylic acid groups (broad SMARTS) is 1. The quantitative estimate of drug-likeness (QED) is 0.0231. The first-order valence-electron chi connectivity index (χ1n) is 23.0. The molecular weight excluding hydrogens is 757 g/mol. The van der Waals surface area contributed by atoms with Crippen LogP contribution in [0.15, 0.2) is 36.5 Å². The lowest BCUT2D eigenvalue weighted by molar-refractivity contribution is -0.161. The minimum atomic E-state index is -4.72. The molecule has 3 atom stereocenters. The van der Waals surface area contributed by atoms with Crippen LogP contribution in [0.5, 0.6) is 0 Å². The fraction of sp³-hybridized carbons (Fsp3) is 0.804. The van der Waals surface area contributed by atoms with E-state index in [9.17, 15) is 23.8 Å². The summed E-state index contributed by atoms with van der Waals surface area (Å²) >= 11 is 0. The van der Waals surface area contributed by atoms with E-state index in [0.29, 0.717) is 12.8 Å². The lowest BCUT2D eigenvalue weighted by atomic mass is 10.1. The third-order valence-electron chi connectivity index (χ3n) is 9.86. The van der Waals surface area contributed by atoms with Crippen LogP contribution < -0.4 is 5.73 Å². The van der Waals surface area contributed by atoms with Gasteiger partial charge >= 0.3 is 25.7 Å². The number of ether oxygens (including phenoxy) is 2. The number of phosphoric ester groups is 1. The number of allylic oxidation sites excluding steroid dienone is 6. The van der Waals surface area contributed by atoms with Crippen LogP contribution >= 0.6 is 7.82 Å². The first-order chi connectivity index (χ1) is 28.1. The Labute approximate surface area is 353 Å². The van der Waals surface area contributed by atoms with Crippen molar-refractivity contribution < 1.29 is 47.5 Å². The third kappa shape index (κ3) is 40.5. The van der Waals surface area contributed by atoms with Crippen molar-refractivity contribution in [2.24, 2.45) is 5.73 Å². The highest BCUT2D eigenvalue weighted by Crippen LogP contribution is 2.43. The SMILES string of the molecule is CCCCC/C=C/C/C=C/CCCCCCCC(=O)O[C@H](COC(=O)CCCCCCCCCCC/C=C/CCCCCCCC)COP(=O)(O)OC[C@H](N)C(=O)O. The molecular formula is C46H84NO10P. The Kier molecular flexibility index (Phi) is 39.8. The molecule has 0 bridgehead atoms. The van der Waals surface area contributed by atoms with Gasteiger partial charge in [0.1, 0.15) is 12.6 Å². The summed E-state index contributed by atoms with van der Waals surface area (Å²) in [5.41, 5.74) is 5.34. The molecule has 0 heterocycles. The number of rotatable bonds is 43. The molecule has 338 valence electrons. The van der Waals surface area contributed by atoms with Gasteiger partial charge in [-0.1, -0.05) is 159 Å². The summed E-state index contributed by atoms with van der Waals surface area (Å²) in [7, 11) is -4.72. The van der Waals surface area contributed by atoms with Crippen LogP contribution in [0.4, 0.5) is 0 Å². The normalized spacial score (nSPS) is 14.0. The molecule has 0 fully saturated rings. The Hall–Kier alpha value is -2.30. The predicted octanol–water partition coefficient (Wildman–Crippen LogP) is 12.4. The van der Waals surface area contributed by atoms with E-state index < -0.39 is 51.1 Å². The molecule has 0 aliphatic rings. The van der Waals surface area contributed by atoms with E-state index in [1.807, 2.05) is 0 Å². The van der Waals surface area contributed by atoms with Gasteiger partial charge in [-0.3, -0.25) is 23.4 Å². The minimum Gasteiger partial charge on any atom is -0.480 e. The highest BCUT2D eigenvalue weighted by molar-refractivity contribution is 7.47. The van der Waals surface area contributed by atoms with Crippen molar-refractivity contribution in [2.45, 2.75) is 219 Å². The lowest BCUT2D eigenvalue weighted by Crippen LogP contribution is -2.34. The average molecular weight is 842 g/mol. The van der Waals surface area contributed by atoms with Gasteiger partial charge in [-0.15, -0.1) is 0 Å². The van der Waals surface area contributed by atoms with E-state index >= 15 is 0 Å². The number of unbranched alkanes of at least 4 members (excludes halogenated alkanes) is 23. The maximum atomic E-state index is 12.6. The van der Waals surface area contributed by atoms with Gasteiger partial charge in [-0.05, 0) is 70.6 Å². The second kappa shape index (κ2) is 41.4. The van der Waals surface area contributed by atoms with Crippen LogP contribution in [-0.2, 0) is 37.5 Å². The Morgan fingerprint density at radius 3 is 1.40 bits per heavy atom. The molecule has 0 aromatic heterocycles. The van der Waals surface area contributed by atoms with Crippen molar-refractivity contribution in [3.05, 3.63) is 36.5 Å². The summed E-state index contributed by atoms with van der Waals surface area (Å²) in [5, 5.41) is 8.89. The molecule has 0 spiro atoms. The number of nitrogens with two attached hydrogens (primary N) is 1.